The van der Waals surface area contributed by atoms with E-state index in [1.807, 2.05) is 12.5 Å². The average molecular weight is 259 g/mol. The molecule has 2 heterocycles. The van der Waals surface area contributed by atoms with Crippen LogP contribution in [0.2, 0.25) is 0 Å². The van der Waals surface area contributed by atoms with Crippen molar-refractivity contribution in [1.29, 1.82) is 0 Å². The zero-order chi connectivity index (χ0) is 12.4. The number of aromatic nitrogens is 2. The van der Waals surface area contributed by atoms with Crippen LogP contribution in [-0.4, -0.2) is 22.4 Å². The fourth-order valence-electron chi connectivity index (χ4n) is 2.53. The van der Waals surface area contributed by atoms with Crippen LogP contribution in [0.5, 0.6) is 0 Å². The lowest BCUT2D eigenvalue weighted by Crippen LogP contribution is -2.16. The Hall–Kier alpha value is -1.26. The van der Waals surface area contributed by atoms with Gasteiger partial charge in [-0.3, -0.25) is 0 Å². The van der Waals surface area contributed by atoms with E-state index in [-0.39, 0.29) is 0 Å². The van der Waals surface area contributed by atoms with E-state index in [1.54, 1.807) is 11.8 Å². The van der Waals surface area contributed by atoms with Crippen LogP contribution < -0.4 is 5.32 Å². The normalized spacial score (nSPS) is 19.3. The fourth-order valence-corrected chi connectivity index (χ4v) is 3.12. The molecule has 0 saturated carbocycles. The second kappa shape index (κ2) is 5.16. The molecule has 1 fully saturated rings. The maximum Gasteiger partial charge on any atom is 0.0995 e. The third kappa shape index (κ3) is 2.06. The van der Waals surface area contributed by atoms with Crippen molar-refractivity contribution < 1.29 is 0 Å². The summed E-state index contributed by atoms with van der Waals surface area (Å²) in [6, 6.07) is 8.93. The van der Waals surface area contributed by atoms with E-state index >= 15 is 0 Å². The van der Waals surface area contributed by atoms with Crippen LogP contribution in [0, 0.1) is 0 Å². The third-order valence-corrected chi connectivity index (χ3v) is 4.21. The molecule has 1 aromatic carbocycles. The second-order valence-electron chi connectivity index (χ2n) is 4.51. The van der Waals surface area contributed by atoms with Crippen molar-refractivity contribution in [3.8, 4) is 5.69 Å². The first-order chi connectivity index (χ1) is 8.90. The van der Waals surface area contributed by atoms with Gasteiger partial charge in [0.2, 0.25) is 0 Å². The Kier molecular flexibility index (Phi) is 3.39. The van der Waals surface area contributed by atoms with E-state index in [9.17, 15) is 0 Å². The van der Waals surface area contributed by atoms with Crippen LogP contribution in [-0.2, 0) is 0 Å². The van der Waals surface area contributed by atoms with Gasteiger partial charge in [-0.2, -0.15) is 0 Å². The number of para-hydroxylation sites is 1. The zero-order valence-electron chi connectivity index (χ0n) is 10.5. The number of benzene rings is 1. The topological polar surface area (TPSA) is 29.9 Å². The number of imidazole rings is 1. The van der Waals surface area contributed by atoms with Gasteiger partial charge in [-0.25, -0.2) is 4.98 Å². The van der Waals surface area contributed by atoms with E-state index in [0.29, 0.717) is 6.04 Å². The molecule has 3 rings (SSSR count). The van der Waals surface area contributed by atoms with Crippen LogP contribution in [0.4, 0.5) is 0 Å². The molecule has 1 aliphatic heterocycles. The Labute approximate surface area is 112 Å². The summed E-state index contributed by atoms with van der Waals surface area (Å²) < 4.78 is 2.22. The summed E-state index contributed by atoms with van der Waals surface area (Å²) in [5.41, 5.74) is 2.50. The quantitative estimate of drug-likeness (QED) is 0.859. The highest BCUT2D eigenvalue weighted by atomic mass is 32.2. The van der Waals surface area contributed by atoms with Gasteiger partial charge in [-0.1, -0.05) is 12.1 Å². The highest BCUT2D eigenvalue weighted by Gasteiger charge is 2.20. The monoisotopic (exact) mass is 259 g/mol. The molecule has 1 unspecified atom stereocenters. The molecule has 3 nitrogen and oxygen atoms in total. The van der Waals surface area contributed by atoms with Gasteiger partial charge in [0, 0.05) is 10.9 Å². The van der Waals surface area contributed by atoms with Crippen LogP contribution in [0.1, 0.15) is 24.6 Å². The molecule has 2 aromatic rings. The van der Waals surface area contributed by atoms with Gasteiger partial charge in [-0.15, -0.1) is 11.8 Å². The van der Waals surface area contributed by atoms with Crippen molar-refractivity contribution in [2.45, 2.75) is 23.8 Å². The van der Waals surface area contributed by atoms with Gasteiger partial charge in [0.15, 0.2) is 0 Å². The van der Waals surface area contributed by atoms with Crippen molar-refractivity contribution >= 4 is 11.8 Å². The summed E-state index contributed by atoms with van der Waals surface area (Å²) >= 11 is 1.78. The minimum absolute atomic E-state index is 0.447. The molecule has 94 valence electrons. The zero-order valence-corrected chi connectivity index (χ0v) is 11.3. The Bertz CT molecular complexity index is 529. The molecule has 18 heavy (non-hydrogen) atoms. The highest BCUT2D eigenvalue weighted by molar-refractivity contribution is 7.98. The molecule has 1 aromatic heterocycles. The minimum atomic E-state index is 0.447. The van der Waals surface area contributed by atoms with Gasteiger partial charge >= 0.3 is 0 Å². The first kappa shape index (κ1) is 11.8. The Morgan fingerprint density at radius 3 is 3.06 bits per heavy atom. The molecule has 1 saturated heterocycles. The molecule has 1 aliphatic rings. The number of nitrogens with zero attached hydrogens (tertiary/aromatic N) is 2. The maximum absolute atomic E-state index is 4.33. The number of nitrogens with one attached hydrogen (secondary N) is 1. The van der Waals surface area contributed by atoms with Gasteiger partial charge in [0.25, 0.3) is 0 Å². The van der Waals surface area contributed by atoms with Gasteiger partial charge < -0.3 is 9.88 Å². The van der Waals surface area contributed by atoms with Crippen molar-refractivity contribution in [2.24, 2.45) is 0 Å². The van der Waals surface area contributed by atoms with E-state index in [0.717, 1.165) is 6.54 Å². The summed E-state index contributed by atoms with van der Waals surface area (Å²) in [4.78, 5) is 5.62. The number of hydrogen-bond acceptors (Lipinski definition) is 3. The van der Waals surface area contributed by atoms with E-state index in [2.05, 4.69) is 45.4 Å². The molecule has 1 atom stereocenters. The standard InChI is InChI=1S/C14H17N3S/c1-18-14-7-3-2-6-12(14)17-10-15-9-13(17)11-5-4-8-16-11/h2-3,6-7,9-11,16H,4-5,8H2,1H3. The number of thioether (sulfide) groups is 1. The molecule has 0 aliphatic carbocycles. The van der Waals surface area contributed by atoms with Crippen molar-refractivity contribution in [2.75, 3.05) is 12.8 Å². The molecule has 1 N–H and O–H groups in total. The lowest BCUT2D eigenvalue weighted by Gasteiger charge is -2.16. The van der Waals surface area contributed by atoms with Crippen LogP contribution >= 0.6 is 11.8 Å². The lowest BCUT2D eigenvalue weighted by atomic mass is 10.1. The molecular formula is C14H17N3S. The first-order valence-electron chi connectivity index (χ1n) is 6.29. The van der Waals surface area contributed by atoms with Gasteiger partial charge in [0.05, 0.1) is 23.9 Å². The predicted octanol–water partition coefficient (Wildman–Crippen LogP) is 3.02. The Morgan fingerprint density at radius 1 is 1.39 bits per heavy atom. The third-order valence-electron chi connectivity index (χ3n) is 3.43. The van der Waals surface area contributed by atoms with Crippen LogP contribution in [0.3, 0.4) is 0 Å². The molecule has 4 heteroatoms. The summed E-state index contributed by atoms with van der Waals surface area (Å²) in [7, 11) is 0. The van der Waals surface area contributed by atoms with E-state index in [4.69, 9.17) is 0 Å². The van der Waals surface area contributed by atoms with E-state index in [1.165, 1.54) is 29.1 Å². The predicted molar refractivity (Wildman–Crippen MR) is 75.3 cm³/mol. The average Bonchev–Trinajstić information content (AvgIpc) is 3.09. The van der Waals surface area contributed by atoms with Gasteiger partial charge in [-0.05, 0) is 37.8 Å². The second-order valence-corrected chi connectivity index (χ2v) is 5.36. The van der Waals surface area contributed by atoms with E-state index < -0.39 is 0 Å². The first-order valence-corrected chi connectivity index (χ1v) is 7.51. The largest absolute Gasteiger partial charge is 0.309 e. The summed E-state index contributed by atoms with van der Waals surface area (Å²) in [6.45, 7) is 1.11. The maximum atomic E-state index is 4.33. The van der Waals surface area contributed by atoms with Crippen molar-refractivity contribution in [3.05, 3.63) is 42.5 Å². The number of rotatable bonds is 3. The van der Waals surface area contributed by atoms with Crippen molar-refractivity contribution in [1.82, 2.24) is 14.9 Å². The smallest absolute Gasteiger partial charge is 0.0995 e. The SMILES string of the molecule is CSc1ccccc1-n1cncc1C1CCCN1. The fraction of sp³-hybridized carbons (Fsp3) is 0.357. The Morgan fingerprint density at radius 2 is 2.28 bits per heavy atom. The molecular weight excluding hydrogens is 242 g/mol. The summed E-state index contributed by atoms with van der Waals surface area (Å²) in [6.07, 6.45) is 8.47. The van der Waals surface area contributed by atoms with Gasteiger partial charge in [0.1, 0.15) is 0 Å². The minimum Gasteiger partial charge on any atom is -0.309 e. The summed E-state index contributed by atoms with van der Waals surface area (Å²) in [5, 5.41) is 3.54. The molecule has 0 radical (unpaired) electrons. The van der Waals surface area contributed by atoms with Crippen LogP contribution in [0.15, 0.2) is 41.7 Å². The van der Waals surface area contributed by atoms with Crippen LogP contribution in [0.25, 0.3) is 5.69 Å². The lowest BCUT2D eigenvalue weighted by molar-refractivity contribution is 0.614. The molecule has 0 bridgehead atoms. The Balaban J connectivity index is 2.03. The van der Waals surface area contributed by atoms with Crippen molar-refractivity contribution in [3.63, 3.8) is 0 Å². The summed E-state index contributed by atoms with van der Waals surface area (Å²) in [5.74, 6) is 0. The highest BCUT2D eigenvalue weighted by Crippen LogP contribution is 2.29. The number of hydrogen-bond donors (Lipinski definition) is 1. The molecule has 0 amide bonds. The molecule has 0 spiro atoms.